The van der Waals surface area contributed by atoms with E-state index in [2.05, 4.69) is 11.1 Å². The van der Waals surface area contributed by atoms with Gasteiger partial charge in [-0.3, -0.25) is 14.6 Å². The fraction of sp³-hybridized carbons (Fsp3) is 0.579. The average molecular weight is 325 g/mol. The van der Waals surface area contributed by atoms with Crippen LogP contribution in [0.15, 0.2) is 24.4 Å². The molecule has 0 bridgehead atoms. The van der Waals surface area contributed by atoms with Gasteiger partial charge in [-0.25, -0.2) is 0 Å². The molecular weight excluding hydrogens is 302 g/mol. The first-order chi connectivity index (χ1) is 11.7. The Morgan fingerprint density at radius 2 is 2.00 bits per heavy atom. The number of amides is 1. The lowest BCUT2D eigenvalue weighted by Crippen LogP contribution is -2.37. The molecule has 2 heterocycles. The molecule has 1 aromatic rings. The highest BCUT2D eigenvalue weighted by Crippen LogP contribution is 2.31. The van der Waals surface area contributed by atoms with E-state index in [0.29, 0.717) is 12.2 Å². The van der Waals surface area contributed by atoms with Gasteiger partial charge in [-0.1, -0.05) is 31.7 Å². The van der Waals surface area contributed by atoms with Crippen molar-refractivity contribution >= 4 is 11.7 Å². The normalized spacial score (nSPS) is 23.5. The number of nitriles is 1. The van der Waals surface area contributed by atoms with E-state index in [4.69, 9.17) is 0 Å². The van der Waals surface area contributed by atoms with Crippen LogP contribution in [0, 0.1) is 17.2 Å². The van der Waals surface area contributed by atoms with E-state index in [0.717, 1.165) is 25.7 Å². The van der Waals surface area contributed by atoms with E-state index >= 15 is 0 Å². The molecule has 24 heavy (non-hydrogen) atoms. The quantitative estimate of drug-likeness (QED) is 0.798. The molecule has 0 radical (unpaired) electrons. The van der Waals surface area contributed by atoms with Crippen LogP contribution >= 0.6 is 0 Å². The second-order valence-electron chi connectivity index (χ2n) is 6.81. The smallest absolute Gasteiger partial charge is 0.223 e. The number of nitrogens with zero attached hydrogens (tertiary/aromatic N) is 3. The summed E-state index contributed by atoms with van der Waals surface area (Å²) in [5, 5.41) is 9.42. The molecule has 5 heteroatoms. The van der Waals surface area contributed by atoms with Gasteiger partial charge in [0.2, 0.25) is 5.91 Å². The SMILES string of the molecule is N#C[C@H](C(=O)[C@H]1CC(=O)N(C2CCCCCC2)C1)c1ccccn1. The Bertz CT molecular complexity index is 630. The Hall–Kier alpha value is -2.22. The third-order valence-electron chi connectivity index (χ3n) is 5.22. The molecular formula is C19H23N3O2. The van der Waals surface area contributed by atoms with Gasteiger partial charge in [0.1, 0.15) is 5.92 Å². The summed E-state index contributed by atoms with van der Waals surface area (Å²) in [5.74, 6) is -1.36. The summed E-state index contributed by atoms with van der Waals surface area (Å²) in [5.41, 5.74) is 0.477. The van der Waals surface area contributed by atoms with Gasteiger partial charge in [0.25, 0.3) is 0 Å². The molecule has 1 amide bonds. The van der Waals surface area contributed by atoms with E-state index in [9.17, 15) is 14.9 Å². The van der Waals surface area contributed by atoms with E-state index in [-0.39, 0.29) is 30.1 Å². The number of likely N-dealkylation sites (tertiary alicyclic amines) is 1. The molecule has 0 aromatic carbocycles. The van der Waals surface area contributed by atoms with Gasteiger partial charge in [-0.2, -0.15) is 5.26 Å². The Labute approximate surface area is 142 Å². The maximum absolute atomic E-state index is 12.8. The van der Waals surface area contributed by atoms with Gasteiger partial charge in [-0.05, 0) is 25.0 Å². The molecule has 1 aliphatic heterocycles. The Balaban J connectivity index is 1.70. The lowest BCUT2D eigenvalue weighted by molar-refractivity contribution is -0.130. The number of aromatic nitrogens is 1. The largest absolute Gasteiger partial charge is 0.339 e. The molecule has 0 spiro atoms. The van der Waals surface area contributed by atoms with E-state index in [1.54, 1.807) is 24.4 Å². The molecule has 0 unspecified atom stereocenters. The molecule has 126 valence electrons. The van der Waals surface area contributed by atoms with Crippen molar-refractivity contribution in [1.82, 2.24) is 9.88 Å². The predicted molar refractivity (Wildman–Crippen MR) is 88.9 cm³/mol. The standard InChI is InChI=1S/C19H23N3O2/c20-12-16(17-9-5-6-10-21-17)19(24)14-11-18(23)22(13-14)15-7-3-1-2-4-8-15/h5-6,9-10,14-16H,1-4,7-8,11,13H2/t14-,16-/m0/s1. The summed E-state index contributed by atoms with van der Waals surface area (Å²) in [6.07, 6.45) is 8.67. The number of rotatable bonds is 4. The fourth-order valence-corrected chi connectivity index (χ4v) is 3.90. The zero-order valence-electron chi connectivity index (χ0n) is 13.9. The van der Waals surface area contributed by atoms with Crippen LogP contribution in [0.2, 0.25) is 0 Å². The minimum absolute atomic E-state index is 0.0676. The summed E-state index contributed by atoms with van der Waals surface area (Å²) < 4.78 is 0. The fourth-order valence-electron chi connectivity index (χ4n) is 3.90. The van der Waals surface area contributed by atoms with Crippen molar-refractivity contribution in [3.8, 4) is 6.07 Å². The van der Waals surface area contributed by atoms with Crippen molar-refractivity contribution in [3.05, 3.63) is 30.1 Å². The average Bonchev–Trinajstić information content (AvgIpc) is 2.82. The molecule has 5 nitrogen and oxygen atoms in total. The lowest BCUT2D eigenvalue weighted by Gasteiger charge is -2.27. The van der Waals surface area contributed by atoms with Gasteiger partial charge in [-0.15, -0.1) is 0 Å². The van der Waals surface area contributed by atoms with E-state index in [1.807, 2.05) is 4.90 Å². The maximum atomic E-state index is 12.8. The van der Waals surface area contributed by atoms with Crippen molar-refractivity contribution in [2.75, 3.05) is 6.54 Å². The van der Waals surface area contributed by atoms with Gasteiger partial charge < -0.3 is 4.90 Å². The third-order valence-corrected chi connectivity index (χ3v) is 5.22. The topological polar surface area (TPSA) is 74.1 Å². The van der Waals surface area contributed by atoms with Crippen molar-refractivity contribution in [3.63, 3.8) is 0 Å². The first-order valence-electron chi connectivity index (χ1n) is 8.84. The van der Waals surface area contributed by atoms with Crippen molar-refractivity contribution in [2.45, 2.75) is 56.9 Å². The number of hydrogen-bond acceptors (Lipinski definition) is 4. The zero-order valence-corrected chi connectivity index (χ0v) is 13.9. The molecule has 0 N–H and O–H groups in total. The van der Waals surface area contributed by atoms with Gasteiger partial charge in [0, 0.05) is 31.1 Å². The predicted octanol–water partition coefficient (Wildman–Crippen LogP) is 2.83. The monoisotopic (exact) mass is 325 g/mol. The second-order valence-corrected chi connectivity index (χ2v) is 6.81. The summed E-state index contributed by atoms with van der Waals surface area (Å²) >= 11 is 0. The third kappa shape index (κ3) is 3.48. The van der Waals surface area contributed by atoms with E-state index in [1.165, 1.54) is 12.8 Å². The molecule has 2 aliphatic rings. The molecule has 2 fully saturated rings. The Morgan fingerprint density at radius 3 is 2.62 bits per heavy atom. The van der Waals surface area contributed by atoms with E-state index < -0.39 is 5.92 Å². The zero-order chi connectivity index (χ0) is 16.9. The molecule has 1 aromatic heterocycles. The minimum atomic E-state index is -0.877. The van der Waals surface area contributed by atoms with Crippen LogP contribution in [0.1, 0.15) is 56.6 Å². The first kappa shape index (κ1) is 16.6. The summed E-state index contributed by atoms with van der Waals surface area (Å²) in [6, 6.07) is 7.58. The Kier molecular flexibility index (Phi) is 5.24. The number of hydrogen-bond donors (Lipinski definition) is 0. The number of pyridine rings is 1. The molecule has 1 saturated carbocycles. The van der Waals surface area contributed by atoms with Crippen LogP contribution in [0.4, 0.5) is 0 Å². The first-order valence-corrected chi connectivity index (χ1v) is 8.84. The van der Waals surface area contributed by atoms with Crippen LogP contribution in [0.3, 0.4) is 0 Å². The number of carbonyl (C=O) groups excluding carboxylic acids is 2. The van der Waals surface area contributed by atoms with Crippen molar-refractivity contribution < 1.29 is 9.59 Å². The van der Waals surface area contributed by atoms with Crippen molar-refractivity contribution in [1.29, 1.82) is 5.26 Å². The number of Topliss-reactive ketones (excluding diaryl/α,β-unsaturated/α-hetero) is 1. The van der Waals surface area contributed by atoms with Crippen LogP contribution < -0.4 is 0 Å². The minimum Gasteiger partial charge on any atom is -0.339 e. The summed E-state index contributed by atoms with van der Waals surface area (Å²) in [4.78, 5) is 31.2. The molecule has 2 atom stereocenters. The Morgan fingerprint density at radius 1 is 1.25 bits per heavy atom. The highest BCUT2D eigenvalue weighted by molar-refractivity contribution is 5.95. The van der Waals surface area contributed by atoms with Crippen LogP contribution in [-0.4, -0.2) is 34.2 Å². The summed E-state index contributed by atoms with van der Waals surface area (Å²) in [7, 11) is 0. The molecule has 1 aliphatic carbocycles. The van der Waals surface area contributed by atoms with Gasteiger partial charge in [0.05, 0.1) is 11.8 Å². The molecule has 3 rings (SSSR count). The highest BCUT2D eigenvalue weighted by Gasteiger charge is 2.40. The van der Waals surface area contributed by atoms with Crippen LogP contribution in [0.5, 0.6) is 0 Å². The second kappa shape index (κ2) is 7.57. The van der Waals surface area contributed by atoms with Gasteiger partial charge >= 0.3 is 0 Å². The number of ketones is 1. The van der Waals surface area contributed by atoms with Crippen molar-refractivity contribution in [2.24, 2.45) is 5.92 Å². The van der Waals surface area contributed by atoms with Crippen LogP contribution in [-0.2, 0) is 9.59 Å². The lowest BCUT2D eigenvalue weighted by atomic mass is 9.90. The number of carbonyl (C=O) groups is 2. The van der Waals surface area contributed by atoms with Crippen LogP contribution in [0.25, 0.3) is 0 Å². The molecule has 1 saturated heterocycles. The summed E-state index contributed by atoms with van der Waals surface area (Å²) in [6.45, 7) is 0.466. The highest BCUT2D eigenvalue weighted by atomic mass is 16.2. The maximum Gasteiger partial charge on any atom is 0.223 e. The van der Waals surface area contributed by atoms with Gasteiger partial charge in [0.15, 0.2) is 5.78 Å².